The number of hydrogen-bond acceptors (Lipinski definition) is 3. The summed E-state index contributed by atoms with van der Waals surface area (Å²) >= 11 is 0. The maximum Gasteiger partial charge on any atom is 0.241 e. The molecular formula is C15H18N2O2S. The molecule has 0 heterocycles. The lowest BCUT2D eigenvalue weighted by molar-refractivity contribution is 0.566. The number of anilines is 1. The van der Waals surface area contributed by atoms with Crippen molar-refractivity contribution in [2.24, 2.45) is 0 Å². The Hall–Kier alpha value is -1.85. The molecule has 0 unspecified atom stereocenters. The third-order valence-corrected chi connectivity index (χ3v) is 4.82. The quantitative estimate of drug-likeness (QED) is 0.850. The van der Waals surface area contributed by atoms with Crippen LogP contribution in [0.5, 0.6) is 0 Å². The van der Waals surface area contributed by atoms with E-state index in [1.165, 1.54) is 6.07 Å². The zero-order chi connectivity index (χ0) is 14.8. The molecule has 0 aliphatic heterocycles. The third-order valence-electron chi connectivity index (χ3n) is 3.12. The fourth-order valence-electron chi connectivity index (χ4n) is 2.08. The molecule has 0 aliphatic carbocycles. The van der Waals surface area contributed by atoms with E-state index >= 15 is 0 Å². The smallest absolute Gasteiger partial charge is 0.241 e. The van der Waals surface area contributed by atoms with Gasteiger partial charge in [0.1, 0.15) is 0 Å². The molecule has 5 heteroatoms. The molecule has 0 saturated carbocycles. The molecule has 0 aliphatic rings. The van der Waals surface area contributed by atoms with Gasteiger partial charge in [0, 0.05) is 11.7 Å². The Bertz CT molecular complexity index is 697. The summed E-state index contributed by atoms with van der Waals surface area (Å²) in [7, 11) is -3.56. The molecule has 20 heavy (non-hydrogen) atoms. The molecule has 0 spiro atoms. The van der Waals surface area contributed by atoms with Crippen molar-refractivity contribution in [2.45, 2.75) is 24.8 Å². The molecule has 0 fully saturated rings. The van der Waals surface area contributed by atoms with Gasteiger partial charge < -0.3 is 5.73 Å². The first kappa shape index (κ1) is 14.6. The van der Waals surface area contributed by atoms with Gasteiger partial charge in [0.2, 0.25) is 10.0 Å². The van der Waals surface area contributed by atoms with Crippen molar-refractivity contribution in [3.05, 3.63) is 59.7 Å². The summed E-state index contributed by atoms with van der Waals surface area (Å²) in [5, 5.41) is 0. The first-order chi connectivity index (χ1) is 9.40. The normalized spacial score (nSPS) is 13.1. The van der Waals surface area contributed by atoms with Crippen LogP contribution in [0.4, 0.5) is 5.69 Å². The van der Waals surface area contributed by atoms with Crippen LogP contribution in [-0.2, 0) is 10.0 Å². The second kappa shape index (κ2) is 5.64. The highest BCUT2D eigenvalue weighted by Gasteiger charge is 2.20. The van der Waals surface area contributed by atoms with Gasteiger partial charge in [0.15, 0.2) is 0 Å². The Morgan fingerprint density at radius 2 is 1.75 bits per heavy atom. The van der Waals surface area contributed by atoms with Crippen molar-refractivity contribution in [1.29, 1.82) is 0 Å². The van der Waals surface area contributed by atoms with E-state index in [0.29, 0.717) is 11.3 Å². The number of nitrogen functional groups attached to an aromatic ring is 1. The van der Waals surface area contributed by atoms with Crippen LogP contribution in [0, 0.1) is 6.92 Å². The average molecular weight is 290 g/mol. The van der Waals surface area contributed by atoms with Crippen molar-refractivity contribution in [3.63, 3.8) is 0 Å². The van der Waals surface area contributed by atoms with Crippen LogP contribution in [0.1, 0.15) is 24.1 Å². The molecule has 0 radical (unpaired) electrons. The van der Waals surface area contributed by atoms with E-state index in [2.05, 4.69) is 4.72 Å². The Labute approximate surface area is 119 Å². The van der Waals surface area contributed by atoms with Gasteiger partial charge in [-0.15, -0.1) is 0 Å². The van der Waals surface area contributed by atoms with E-state index in [-0.39, 0.29) is 10.9 Å². The fraction of sp³-hybridized carbons (Fsp3) is 0.200. The SMILES string of the molecule is Cc1cc(N)ccc1S(=O)(=O)N[C@H](C)c1ccccc1. The highest BCUT2D eigenvalue weighted by molar-refractivity contribution is 7.89. The van der Waals surface area contributed by atoms with Crippen molar-refractivity contribution < 1.29 is 8.42 Å². The van der Waals surface area contributed by atoms with E-state index in [0.717, 1.165) is 5.56 Å². The first-order valence-corrected chi connectivity index (χ1v) is 7.82. The maximum atomic E-state index is 12.4. The molecule has 4 nitrogen and oxygen atoms in total. The zero-order valence-electron chi connectivity index (χ0n) is 11.5. The van der Waals surface area contributed by atoms with Crippen LogP contribution in [0.3, 0.4) is 0 Å². The van der Waals surface area contributed by atoms with Gasteiger partial charge >= 0.3 is 0 Å². The van der Waals surface area contributed by atoms with Gasteiger partial charge in [-0.25, -0.2) is 13.1 Å². The number of nitrogens with two attached hydrogens (primary N) is 1. The molecule has 2 aromatic rings. The number of aryl methyl sites for hydroxylation is 1. The van der Waals surface area contributed by atoms with Crippen LogP contribution in [0.15, 0.2) is 53.4 Å². The highest BCUT2D eigenvalue weighted by atomic mass is 32.2. The second-order valence-electron chi connectivity index (χ2n) is 4.78. The van der Waals surface area contributed by atoms with Crippen LogP contribution < -0.4 is 10.5 Å². The van der Waals surface area contributed by atoms with Crippen LogP contribution in [-0.4, -0.2) is 8.42 Å². The van der Waals surface area contributed by atoms with E-state index in [1.807, 2.05) is 37.3 Å². The van der Waals surface area contributed by atoms with Gasteiger partial charge in [-0.2, -0.15) is 0 Å². The lowest BCUT2D eigenvalue weighted by atomic mass is 10.1. The van der Waals surface area contributed by atoms with Crippen molar-refractivity contribution in [1.82, 2.24) is 4.72 Å². The number of nitrogens with one attached hydrogen (secondary N) is 1. The molecule has 106 valence electrons. The lowest BCUT2D eigenvalue weighted by Crippen LogP contribution is -2.27. The lowest BCUT2D eigenvalue weighted by Gasteiger charge is -2.16. The van der Waals surface area contributed by atoms with Crippen molar-refractivity contribution >= 4 is 15.7 Å². The molecule has 0 aromatic heterocycles. The summed E-state index contributed by atoms with van der Waals surface area (Å²) in [4.78, 5) is 0.259. The number of hydrogen-bond donors (Lipinski definition) is 2. The minimum atomic E-state index is -3.56. The molecule has 0 amide bonds. The highest BCUT2D eigenvalue weighted by Crippen LogP contribution is 2.21. The number of benzene rings is 2. The summed E-state index contributed by atoms with van der Waals surface area (Å²) in [6, 6.07) is 13.9. The van der Waals surface area contributed by atoms with Gasteiger partial charge in [-0.05, 0) is 43.2 Å². The van der Waals surface area contributed by atoms with E-state index in [1.54, 1.807) is 19.1 Å². The van der Waals surface area contributed by atoms with Crippen LogP contribution in [0.25, 0.3) is 0 Å². The largest absolute Gasteiger partial charge is 0.399 e. The zero-order valence-corrected chi connectivity index (χ0v) is 12.3. The van der Waals surface area contributed by atoms with Crippen molar-refractivity contribution in [3.8, 4) is 0 Å². The minimum absolute atomic E-state index is 0.259. The average Bonchev–Trinajstić information content (AvgIpc) is 2.38. The Morgan fingerprint density at radius 3 is 2.35 bits per heavy atom. The summed E-state index contributed by atoms with van der Waals surface area (Å²) in [5.74, 6) is 0. The fourth-order valence-corrected chi connectivity index (χ4v) is 3.54. The molecule has 3 N–H and O–H groups in total. The summed E-state index contributed by atoms with van der Waals surface area (Å²) in [6.07, 6.45) is 0. The predicted molar refractivity (Wildman–Crippen MR) is 80.8 cm³/mol. The summed E-state index contributed by atoms with van der Waals surface area (Å²) < 4.78 is 27.5. The summed E-state index contributed by atoms with van der Waals surface area (Å²) in [5.41, 5.74) is 7.76. The standard InChI is InChI=1S/C15H18N2O2S/c1-11-10-14(16)8-9-15(11)20(18,19)17-12(2)13-6-4-3-5-7-13/h3-10,12,17H,16H2,1-2H3/t12-/m1/s1. The third kappa shape index (κ3) is 3.18. The number of rotatable bonds is 4. The molecular weight excluding hydrogens is 272 g/mol. The number of sulfonamides is 1. The van der Waals surface area contributed by atoms with Crippen LogP contribution in [0.2, 0.25) is 0 Å². The molecule has 0 bridgehead atoms. The van der Waals surface area contributed by atoms with Gasteiger partial charge in [-0.3, -0.25) is 0 Å². The van der Waals surface area contributed by atoms with E-state index in [4.69, 9.17) is 5.73 Å². The Morgan fingerprint density at radius 1 is 1.10 bits per heavy atom. The topological polar surface area (TPSA) is 72.2 Å². The predicted octanol–water partition coefficient (Wildman–Crippen LogP) is 2.62. The Kier molecular flexibility index (Phi) is 4.11. The maximum absolute atomic E-state index is 12.4. The summed E-state index contributed by atoms with van der Waals surface area (Å²) in [6.45, 7) is 3.55. The molecule has 1 atom stereocenters. The van der Waals surface area contributed by atoms with Crippen molar-refractivity contribution in [2.75, 3.05) is 5.73 Å². The first-order valence-electron chi connectivity index (χ1n) is 6.33. The molecule has 2 rings (SSSR count). The van der Waals surface area contributed by atoms with Gasteiger partial charge in [0.05, 0.1) is 4.90 Å². The molecule has 0 saturated heterocycles. The second-order valence-corrected chi connectivity index (χ2v) is 6.46. The van der Waals surface area contributed by atoms with Crippen LogP contribution >= 0.6 is 0 Å². The van der Waals surface area contributed by atoms with E-state index < -0.39 is 10.0 Å². The van der Waals surface area contributed by atoms with Gasteiger partial charge in [0.25, 0.3) is 0 Å². The van der Waals surface area contributed by atoms with E-state index in [9.17, 15) is 8.42 Å². The Balaban J connectivity index is 2.28. The monoisotopic (exact) mass is 290 g/mol. The minimum Gasteiger partial charge on any atom is -0.399 e. The molecule has 2 aromatic carbocycles. The van der Waals surface area contributed by atoms with Gasteiger partial charge in [-0.1, -0.05) is 30.3 Å².